The quantitative estimate of drug-likeness (QED) is 0.699. The Hall–Kier alpha value is -2.36. The fraction of sp³-hybridized carbons (Fsp3) is 0.385. The van der Waals surface area contributed by atoms with Crippen LogP contribution in [-0.4, -0.2) is 49.0 Å². The SMILES string of the molecule is O=C(COCC(F)(F)F)NCC(Oc1ccc(F)cc1)C(=O)O. The molecule has 0 saturated carbocycles. The Morgan fingerprint density at radius 1 is 1.22 bits per heavy atom. The molecule has 1 rings (SSSR count). The van der Waals surface area contributed by atoms with Crippen LogP contribution in [0.4, 0.5) is 17.6 Å². The van der Waals surface area contributed by atoms with Gasteiger partial charge in [0.1, 0.15) is 24.8 Å². The Morgan fingerprint density at radius 2 is 1.83 bits per heavy atom. The number of carbonyl (C=O) groups is 2. The van der Waals surface area contributed by atoms with E-state index in [1.54, 1.807) is 0 Å². The average Bonchev–Trinajstić information content (AvgIpc) is 2.43. The molecule has 0 spiro atoms. The minimum atomic E-state index is -4.56. The first-order valence-electron chi connectivity index (χ1n) is 6.23. The third-order valence-corrected chi connectivity index (χ3v) is 2.35. The first-order valence-corrected chi connectivity index (χ1v) is 6.23. The molecule has 1 unspecified atom stereocenters. The minimum Gasteiger partial charge on any atom is -0.478 e. The largest absolute Gasteiger partial charge is 0.478 e. The summed E-state index contributed by atoms with van der Waals surface area (Å²) in [5.74, 6) is -2.82. The predicted octanol–water partition coefficient (Wildman–Crippen LogP) is 1.35. The molecule has 6 nitrogen and oxygen atoms in total. The van der Waals surface area contributed by atoms with Gasteiger partial charge in [0.05, 0.1) is 6.54 Å². The number of carboxylic acid groups (broad SMARTS) is 1. The van der Waals surface area contributed by atoms with Crippen LogP contribution in [0.3, 0.4) is 0 Å². The third-order valence-electron chi connectivity index (χ3n) is 2.35. The lowest BCUT2D eigenvalue weighted by molar-refractivity contribution is -0.175. The molecule has 0 bridgehead atoms. The van der Waals surface area contributed by atoms with E-state index in [0.29, 0.717) is 0 Å². The molecular formula is C13H13F4NO5. The van der Waals surface area contributed by atoms with E-state index in [4.69, 9.17) is 9.84 Å². The highest BCUT2D eigenvalue weighted by Gasteiger charge is 2.28. The second kappa shape index (κ2) is 8.32. The van der Waals surface area contributed by atoms with Gasteiger partial charge < -0.3 is 19.9 Å². The summed E-state index contributed by atoms with van der Waals surface area (Å²) in [6, 6.07) is 4.49. The summed E-state index contributed by atoms with van der Waals surface area (Å²) in [5, 5.41) is 11.0. The van der Waals surface area contributed by atoms with Crippen molar-refractivity contribution in [2.75, 3.05) is 19.8 Å². The molecule has 0 aliphatic heterocycles. The lowest BCUT2D eigenvalue weighted by Crippen LogP contribution is -2.41. The maximum Gasteiger partial charge on any atom is 0.411 e. The molecule has 2 N–H and O–H groups in total. The van der Waals surface area contributed by atoms with Crippen molar-refractivity contribution in [3.05, 3.63) is 30.1 Å². The van der Waals surface area contributed by atoms with Crippen molar-refractivity contribution < 1.29 is 41.7 Å². The maximum absolute atomic E-state index is 12.7. The first-order chi connectivity index (χ1) is 10.7. The number of hydrogen-bond donors (Lipinski definition) is 2. The summed E-state index contributed by atoms with van der Waals surface area (Å²) in [6.07, 6.45) is -6.05. The van der Waals surface area contributed by atoms with Gasteiger partial charge in [0.25, 0.3) is 0 Å². The van der Waals surface area contributed by atoms with Gasteiger partial charge in [0.2, 0.25) is 12.0 Å². The van der Waals surface area contributed by atoms with Crippen LogP contribution in [0.5, 0.6) is 5.75 Å². The Kier molecular flexibility index (Phi) is 6.76. The smallest absolute Gasteiger partial charge is 0.411 e. The van der Waals surface area contributed by atoms with Gasteiger partial charge in [-0.05, 0) is 24.3 Å². The number of alkyl halides is 3. The monoisotopic (exact) mass is 339 g/mol. The predicted molar refractivity (Wildman–Crippen MR) is 68.3 cm³/mol. The Labute approximate surface area is 128 Å². The average molecular weight is 339 g/mol. The Bertz CT molecular complexity index is 532. The molecule has 0 aliphatic rings. The molecule has 23 heavy (non-hydrogen) atoms. The second-order valence-corrected chi connectivity index (χ2v) is 4.31. The number of nitrogens with one attached hydrogen (secondary N) is 1. The molecule has 1 aromatic rings. The number of ether oxygens (including phenoxy) is 2. The molecule has 0 aromatic heterocycles. The van der Waals surface area contributed by atoms with Crippen LogP contribution in [0, 0.1) is 5.82 Å². The van der Waals surface area contributed by atoms with E-state index < -0.39 is 49.7 Å². The van der Waals surface area contributed by atoms with Crippen molar-refractivity contribution in [2.24, 2.45) is 0 Å². The highest BCUT2D eigenvalue weighted by Crippen LogP contribution is 2.14. The van der Waals surface area contributed by atoms with Crippen LogP contribution in [0.25, 0.3) is 0 Å². The van der Waals surface area contributed by atoms with Crippen LogP contribution >= 0.6 is 0 Å². The fourth-order valence-electron chi connectivity index (χ4n) is 1.37. The number of carbonyl (C=O) groups excluding carboxylic acids is 1. The number of benzene rings is 1. The van der Waals surface area contributed by atoms with E-state index in [9.17, 15) is 27.2 Å². The van der Waals surface area contributed by atoms with E-state index in [1.807, 2.05) is 0 Å². The van der Waals surface area contributed by atoms with Crippen molar-refractivity contribution in [1.29, 1.82) is 0 Å². The number of halogens is 4. The van der Waals surface area contributed by atoms with E-state index >= 15 is 0 Å². The van der Waals surface area contributed by atoms with Gasteiger partial charge in [0, 0.05) is 0 Å². The van der Waals surface area contributed by atoms with Crippen molar-refractivity contribution in [1.82, 2.24) is 5.32 Å². The van der Waals surface area contributed by atoms with Gasteiger partial charge in [-0.3, -0.25) is 4.79 Å². The zero-order valence-electron chi connectivity index (χ0n) is 11.6. The molecule has 1 amide bonds. The summed E-state index contributed by atoms with van der Waals surface area (Å²) >= 11 is 0. The van der Waals surface area contributed by atoms with Gasteiger partial charge in [-0.1, -0.05) is 0 Å². The standard InChI is InChI=1S/C13H13F4NO5/c14-8-1-3-9(4-2-8)23-10(12(20)21)5-18-11(19)6-22-7-13(15,16)17/h1-4,10H,5-7H2,(H,18,19)(H,20,21). The van der Waals surface area contributed by atoms with Gasteiger partial charge in [-0.2, -0.15) is 13.2 Å². The molecule has 1 aromatic carbocycles. The molecule has 10 heteroatoms. The van der Waals surface area contributed by atoms with Crippen LogP contribution in [0.15, 0.2) is 24.3 Å². The summed E-state index contributed by atoms with van der Waals surface area (Å²) in [5.41, 5.74) is 0. The topological polar surface area (TPSA) is 84.9 Å². The molecule has 0 aliphatic carbocycles. The molecule has 128 valence electrons. The van der Waals surface area contributed by atoms with Gasteiger partial charge in [0.15, 0.2) is 0 Å². The van der Waals surface area contributed by atoms with Crippen LogP contribution in [-0.2, 0) is 14.3 Å². The number of carboxylic acids is 1. The second-order valence-electron chi connectivity index (χ2n) is 4.31. The Balaban J connectivity index is 2.42. The van der Waals surface area contributed by atoms with Crippen LogP contribution in [0.1, 0.15) is 0 Å². The molecule has 1 atom stereocenters. The van der Waals surface area contributed by atoms with Gasteiger partial charge in [-0.25, -0.2) is 9.18 Å². The molecule has 0 radical (unpaired) electrons. The summed E-state index contributed by atoms with van der Waals surface area (Å²) < 4.78 is 57.3. The summed E-state index contributed by atoms with van der Waals surface area (Å²) in [4.78, 5) is 22.2. The number of aliphatic carboxylic acids is 1. The van der Waals surface area contributed by atoms with Crippen molar-refractivity contribution in [3.8, 4) is 5.75 Å². The highest BCUT2D eigenvalue weighted by atomic mass is 19.4. The molecule has 0 fully saturated rings. The van der Waals surface area contributed by atoms with Crippen molar-refractivity contribution in [3.63, 3.8) is 0 Å². The zero-order valence-corrected chi connectivity index (χ0v) is 11.6. The molecule has 0 saturated heterocycles. The van der Waals surface area contributed by atoms with E-state index in [0.717, 1.165) is 12.1 Å². The van der Waals surface area contributed by atoms with Gasteiger partial charge >= 0.3 is 12.1 Å². The third kappa shape index (κ3) is 8.00. The van der Waals surface area contributed by atoms with E-state index in [1.165, 1.54) is 12.1 Å². The first kappa shape index (κ1) is 18.7. The van der Waals surface area contributed by atoms with Crippen molar-refractivity contribution >= 4 is 11.9 Å². The maximum atomic E-state index is 12.7. The molecule has 0 heterocycles. The lowest BCUT2D eigenvalue weighted by Gasteiger charge is -2.16. The van der Waals surface area contributed by atoms with Crippen LogP contribution < -0.4 is 10.1 Å². The number of amides is 1. The van der Waals surface area contributed by atoms with E-state index in [-0.39, 0.29) is 5.75 Å². The number of rotatable bonds is 8. The molecular weight excluding hydrogens is 326 g/mol. The van der Waals surface area contributed by atoms with Crippen LogP contribution in [0.2, 0.25) is 0 Å². The number of hydrogen-bond acceptors (Lipinski definition) is 4. The summed E-state index contributed by atoms with van der Waals surface area (Å²) in [7, 11) is 0. The van der Waals surface area contributed by atoms with E-state index in [2.05, 4.69) is 10.1 Å². The normalized spacial score (nSPS) is 12.5. The van der Waals surface area contributed by atoms with Gasteiger partial charge in [-0.15, -0.1) is 0 Å². The summed E-state index contributed by atoms with van der Waals surface area (Å²) in [6.45, 7) is -2.96. The zero-order chi connectivity index (χ0) is 17.5. The minimum absolute atomic E-state index is 0.0568. The fourth-order valence-corrected chi connectivity index (χ4v) is 1.37. The Morgan fingerprint density at radius 3 is 2.35 bits per heavy atom. The van der Waals surface area contributed by atoms with Crippen molar-refractivity contribution in [2.45, 2.75) is 12.3 Å². The lowest BCUT2D eigenvalue weighted by atomic mass is 10.3. The highest BCUT2D eigenvalue weighted by molar-refractivity contribution is 5.79.